The van der Waals surface area contributed by atoms with E-state index in [-0.39, 0.29) is 6.10 Å². The number of rotatable bonds is 4. The molecule has 1 aromatic heterocycles. The van der Waals surface area contributed by atoms with Gasteiger partial charge in [0.25, 0.3) is 0 Å². The molecule has 1 N–H and O–H groups in total. The van der Waals surface area contributed by atoms with E-state index in [0.717, 1.165) is 49.0 Å². The van der Waals surface area contributed by atoms with Crippen molar-refractivity contribution in [2.24, 2.45) is 0 Å². The average molecular weight is 318 g/mol. The van der Waals surface area contributed by atoms with E-state index < -0.39 is 0 Å². The summed E-state index contributed by atoms with van der Waals surface area (Å²) in [5.74, 6) is 1.01. The number of ether oxygens (including phenoxy) is 1. The molecule has 122 valence electrons. The maximum Gasteiger partial charge on any atom is 0.132 e. The summed E-state index contributed by atoms with van der Waals surface area (Å²) >= 11 is 0. The standard InChI is InChI=1S/C21H22N2O/c1-2-5-16(6-3-1)15-17-8-9-20-19(7-4-12-23-20)21(17)24-18-10-13-22-14-11-18/h1-9,12,18,22H,10-11,13-15H2. The predicted molar refractivity (Wildman–Crippen MR) is 97.5 cm³/mol. The Morgan fingerprint density at radius 2 is 1.79 bits per heavy atom. The fraction of sp³-hybridized carbons (Fsp3) is 0.286. The Labute approximate surface area is 142 Å². The van der Waals surface area contributed by atoms with Crippen molar-refractivity contribution in [1.82, 2.24) is 10.3 Å². The van der Waals surface area contributed by atoms with E-state index in [2.05, 4.69) is 58.8 Å². The molecule has 4 rings (SSSR count). The van der Waals surface area contributed by atoms with Crippen molar-refractivity contribution in [3.63, 3.8) is 0 Å². The van der Waals surface area contributed by atoms with Gasteiger partial charge in [0.1, 0.15) is 11.9 Å². The number of nitrogens with zero attached hydrogens (tertiary/aromatic N) is 1. The molecule has 1 fully saturated rings. The minimum atomic E-state index is 0.284. The molecule has 1 aliphatic heterocycles. The Kier molecular flexibility index (Phi) is 4.43. The first kappa shape index (κ1) is 15.2. The Morgan fingerprint density at radius 1 is 0.958 bits per heavy atom. The Morgan fingerprint density at radius 3 is 2.62 bits per heavy atom. The fourth-order valence-corrected chi connectivity index (χ4v) is 3.34. The maximum atomic E-state index is 6.49. The molecule has 0 saturated carbocycles. The quantitative estimate of drug-likeness (QED) is 0.791. The third kappa shape index (κ3) is 3.26. The highest BCUT2D eigenvalue weighted by Crippen LogP contribution is 2.32. The van der Waals surface area contributed by atoms with Gasteiger partial charge >= 0.3 is 0 Å². The van der Waals surface area contributed by atoms with Crippen molar-refractivity contribution in [3.05, 3.63) is 71.9 Å². The van der Waals surface area contributed by atoms with Crippen LogP contribution in [0, 0.1) is 0 Å². The molecule has 3 heteroatoms. The largest absolute Gasteiger partial charge is 0.489 e. The summed E-state index contributed by atoms with van der Waals surface area (Å²) in [5.41, 5.74) is 3.54. The lowest BCUT2D eigenvalue weighted by atomic mass is 10.0. The first-order valence-corrected chi connectivity index (χ1v) is 8.68. The van der Waals surface area contributed by atoms with Gasteiger partial charge in [-0.1, -0.05) is 36.4 Å². The zero-order chi connectivity index (χ0) is 16.2. The van der Waals surface area contributed by atoms with E-state index in [1.165, 1.54) is 11.1 Å². The van der Waals surface area contributed by atoms with E-state index in [1.807, 2.05) is 12.3 Å². The van der Waals surface area contributed by atoms with Crippen LogP contribution in [-0.4, -0.2) is 24.2 Å². The molecule has 24 heavy (non-hydrogen) atoms. The molecule has 3 nitrogen and oxygen atoms in total. The van der Waals surface area contributed by atoms with Crippen molar-refractivity contribution >= 4 is 10.9 Å². The zero-order valence-electron chi connectivity index (χ0n) is 13.7. The van der Waals surface area contributed by atoms with Crippen LogP contribution in [0.4, 0.5) is 0 Å². The summed E-state index contributed by atoms with van der Waals surface area (Å²) in [6, 6.07) is 18.9. The van der Waals surface area contributed by atoms with Crippen molar-refractivity contribution in [2.45, 2.75) is 25.4 Å². The predicted octanol–water partition coefficient (Wildman–Crippen LogP) is 3.96. The Bertz CT molecular complexity index is 810. The van der Waals surface area contributed by atoms with Gasteiger partial charge in [-0.3, -0.25) is 4.98 Å². The summed E-state index contributed by atoms with van der Waals surface area (Å²) in [6.45, 7) is 2.06. The van der Waals surface area contributed by atoms with Crippen molar-refractivity contribution in [2.75, 3.05) is 13.1 Å². The normalized spacial score (nSPS) is 15.5. The minimum Gasteiger partial charge on any atom is -0.489 e. The number of benzene rings is 2. The van der Waals surface area contributed by atoms with E-state index in [1.54, 1.807) is 0 Å². The van der Waals surface area contributed by atoms with E-state index in [9.17, 15) is 0 Å². The van der Waals surface area contributed by atoms with Gasteiger partial charge in [-0.25, -0.2) is 0 Å². The van der Waals surface area contributed by atoms with E-state index in [4.69, 9.17) is 4.74 Å². The third-order valence-electron chi connectivity index (χ3n) is 4.63. The first-order chi connectivity index (χ1) is 11.9. The monoisotopic (exact) mass is 318 g/mol. The van der Waals surface area contributed by atoms with Crippen LogP contribution in [0.5, 0.6) is 5.75 Å². The van der Waals surface area contributed by atoms with Gasteiger partial charge in [-0.05, 0) is 55.3 Å². The number of aromatic nitrogens is 1. The number of pyridine rings is 1. The highest BCUT2D eigenvalue weighted by Gasteiger charge is 2.18. The van der Waals surface area contributed by atoms with Crippen LogP contribution in [0.25, 0.3) is 10.9 Å². The van der Waals surface area contributed by atoms with Gasteiger partial charge < -0.3 is 10.1 Å². The molecule has 0 spiro atoms. The molecule has 0 aliphatic carbocycles. The Balaban J connectivity index is 1.72. The van der Waals surface area contributed by atoms with Gasteiger partial charge in [0.05, 0.1) is 5.52 Å². The summed E-state index contributed by atoms with van der Waals surface area (Å²) in [5, 5.41) is 4.52. The molecule has 0 atom stereocenters. The van der Waals surface area contributed by atoms with Gasteiger partial charge in [0.2, 0.25) is 0 Å². The molecule has 3 aromatic rings. The summed E-state index contributed by atoms with van der Waals surface area (Å²) in [4.78, 5) is 4.49. The van der Waals surface area contributed by atoms with Crippen LogP contribution < -0.4 is 10.1 Å². The first-order valence-electron chi connectivity index (χ1n) is 8.68. The highest BCUT2D eigenvalue weighted by molar-refractivity contribution is 5.86. The van der Waals surface area contributed by atoms with Crippen LogP contribution in [0.2, 0.25) is 0 Å². The van der Waals surface area contributed by atoms with Crippen LogP contribution in [-0.2, 0) is 6.42 Å². The average Bonchev–Trinajstić information content (AvgIpc) is 2.65. The minimum absolute atomic E-state index is 0.284. The molecular formula is C21H22N2O. The van der Waals surface area contributed by atoms with Gasteiger partial charge in [0, 0.05) is 18.0 Å². The van der Waals surface area contributed by atoms with Gasteiger partial charge in [0.15, 0.2) is 0 Å². The topological polar surface area (TPSA) is 34.1 Å². The number of hydrogen-bond donors (Lipinski definition) is 1. The van der Waals surface area contributed by atoms with E-state index in [0.29, 0.717) is 0 Å². The molecule has 2 heterocycles. The summed E-state index contributed by atoms with van der Waals surface area (Å²) in [7, 11) is 0. The number of nitrogens with one attached hydrogen (secondary N) is 1. The maximum absolute atomic E-state index is 6.49. The molecule has 0 unspecified atom stereocenters. The second-order valence-corrected chi connectivity index (χ2v) is 6.35. The lowest BCUT2D eigenvalue weighted by molar-refractivity contribution is 0.163. The Hall–Kier alpha value is -2.39. The molecule has 0 radical (unpaired) electrons. The van der Waals surface area contributed by atoms with Gasteiger partial charge in [-0.2, -0.15) is 0 Å². The van der Waals surface area contributed by atoms with Crippen LogP contribution >= 0.6 is 0 Å². The van der Waals surface area contributed by atoms with Crippen LogP contribution in [0.1, 0.15) is 24.0 Å². The van der Waals surface area contributed by atoms with Crippen LogP contribution in [0.3, 0.4) is 0 Å². The summed E-state index contributed by atoms with van der Waals surface area (Å²) in [6.07, 6.45) is 5.12. The second kappa shape index (κ2) is 7.02. The number of piperidine rings is 1. The number of hydrogen-bond acceptors (Lipinski definition) is 3. The lowest BCUT2D eigenvalue weighted by Crippen LogP contribution is -2.34. The van der Waals surface area contributed by atoms with Crippen molar-refractivity contribution in [3.8, 4) is 5.75 Å². The van der Waals surface area contributed by atoms with Crippen molar-refractivity contribution in [1.29, 1.82) is 0 Å². The van der Waals surface area contributed by atoms with Gasteiger partial charge in [-0.15, -0.1) is 0 Å². The molecule has 1 saturated heterocycles. The fourth-order valence-electron chi connectivity index (χ4n) is 3.34. The molecular weight excluding hydrogens is 296 g/mol. The molecule has 0 amide bonds. The smallest absolute Gasteiger partial charge is 0.132 e. The summed E-state index contributed by atoms with van der Waals surface area (Å²) < 4.78 is 6.49. The third-order valence-corrected chi connectivity index (χ3v) is 4.63. The number of fused-ring (bicyclic) bond motifs is 1. The van der Waals surface area contributed by atoms with Crippen LogP contribution in [0.15, 0.2) is 60.8 Å². The molecule has 2 aromatic carbocycles. The molecule has 0 bridgehead atoms. The highest BCUT2D eigenvalue weighted by atomic mass is 16.5. The van der Waals surface area contributed by atoms with Crippen molar-refractivity contribution < 1.29 is 4.74 Å². The zero-order valence-corrected chi connectivity index (χ0v) is 13.7. The SMILES string of the molecule is c1ccc(Cc2ccc3ncccc3c2OC2CCNCC2)cc1. The lowest BCUT2D eigenvalue weighted by Gasteiger charge is -2.26. The van der Waals surface area contributed by atoms with E-state index >= 15 is 0 Å². The second-order valence-electron chi connectivity index (χ2n) is 6.35. The molecule has 1 aliphatic rings.